The first kappa shape index (κ1) is 13.4. The Morgan fingerprint density at radius 2 is 2.00 bits per heavy atom. The van der Waals surface area contributed by atoms with Gasteiger partial charge in [0.2, 0.25) is 0 Å². The lowest BCUT2D eigenvalue weighted by Crippen LogP contribution is -1.92. The van der Waals surface area contributed by atoms with Gasteiger partial charge in [-0.2, -0.15) is 5.26 Å². The van der Waals surface area contributed by atoms with Gasteiger partial charge in [-0.05, 0) is 23.8 Å². The Bertz CT molecular complexity index is 622. The number of hydrogen-bond acceptors (Lipinski definition) is 3. The molecule has 0 aromatic heterocycles. The fourth-order valence-electron chi connectivity index (χ4n) is 1.67. The van der Waals surface area contributed by atoms with Crippen LogP contribution in [0.3, 0.4) is 0 Å². The molecule has 0 aliphatic rings. The molecule has 2 aromatic rings. The summed E-state index contributed by atoms with van der Waals surface area (Å²) < 4.78 is 19.1. The molecule has 4 heteroatoms. The SMILES string of the molecule is COc1ccccc1SCc1cccc(C#N)c1F. The van der Waals surface area contributed by atoms with Gasteiger partial charge in [0.25, 0.3) is 0 Å². The molecule has 0 spiro atoms. The van der Waals surface area contributed by atoms with Crippen LogP contribution in [-0.4, -0.2) is 7.11 Å². The number of thioether (sulfide) groups is 1. The fourth-order valence-corrected chi connectivity index (χ4v) is 2.67. The number of rotatable bonds is 4. The molecule has 2 aromatic carbocycles. The van der Waals surface area contributed by atoms with Crippen molar-refractivity contribution in [1.82, 2.24) is 0 Å². The van der Waals surface area contributed by atoms with Gasteiger partial charge in [-0.3, -0.25) is 0 Å². The van der Waals surface area contributed by atoms with Gasteiger partial charge in [0.05, 0.1) is 12.7 Å². The fraction of sp³-hybridized carbons (Fsp3) is 0.133. The summed E-state index contributed by atoms with van der Waals surface area (Å²) in [6.45, 7) is 0. The van der Waals surface area contributed by atoms with Crippen LogP contribution in [0.15, 0.2) is 47.4 Å². The van der Waals surface area contributed by atoms with Gasteiger partial charge < -0.3 is 4.74 Å². The molecule has 2 rings (SSSR count). The molecule has 0 aliphatic carbocycles. The zero-order valence-electron chi connectivity index (χ0n) is 10.4. The van der Waals surface area contributed by atoms with Crippen LogP contribution in [0.2, 0.25) is 0 Å². The number of para-hydroxylation sites is 1. The number of halogens is 1. The summed E-state index contributed by atoms with van der Waals surface area (Å²) in [7, 11) is 1.61. The van der Waals surface area contributed by atoms with E-state index < -0.39 is 5.82 Å². The van der Waals surface area contributed by atoms with Crippen LogP contribution in [0, 0.1) is 17.1 Å². The van der Waals surface area contributed by atoms with E-state index in [0.717, 1.165) is 10.6 Å². The predicted octanol–water partition coefficient (Wildman–Crippen LogP) is 4.00. The number of benzene rings is 2. The molecule has 0 amide bonds. The molecule has 0 atom stereocenters. The second-order valence-electron chi connectivity index (χ2n) is 3.83. The van der Waals surface area contributed by atoms with E-state index in [0.29, 0.717) is 11.3 Å². The van der Waals surface area contributed by atoms with Gasteiger partial charge in [-0.15, -0.1) is 11.8 Å². The number of nitriles is 1. The quantitative estimate of drug-likeness (QED) is 0.789. The van der Waals surface area contributed by atoms with Gasteiger partial charge in [-0.25, -0.2) is 4.39 Å². The Morgan fingerprint density at radius 1 is 1.21 bits per heavy atom. The molecule has 0 bridgehead atoms. The van der Waals surface area contributed by atoms with Crippen molar-refractivity contribution in [1.29, 1.82) is 5.26 Å². The third-order valence-electron chi connectivity index (χ3n) is 2.65. The van der Waals surface area contributed by atoms with E-state index in [2.05, 4.69) is 0 Å². The highest BCUT2D eigenvalue weighted by Gasteiger charge is 2.09. The molecule has 0 N–H and O–H groups in total. The molecular weight excluding hydrogens is 261 g/mol. The lowest BCUT2D eigenvalue weighted by atomic mass is 10.1. The average molecular weight is 273 g/mol. The van der Waals surface area contributed by atoms with E-state index >= 15 is 0 Å². The van der Waals surface area contributed by atoms with Gasteiger partial charge in [0, 0.05) is 10.6 Å². The average Bonchev–Trinajstić information content (AvgIpc) is 2.46. The number of hydrogen-bond donors (Lipinski definition) is 0. The molecule has 96 valence electrons. The number of nitrogens with zero attached hydrogens (tertiary/aromatic N) is 1. The van der Waals surface area contributed by atoms with Crippen molar-refractivity contribution in [2.75, 3.05) is 7.11 Å². The van der Waals surface area contributed by atoms with E-state index in [-0.39, 0.29) is 5.56 Å². The van der Waals surface area contributed by atoms with E-state index in [9.17, 15) is 4.39 Å². The minimum absolute atomic E-state index is 0.0816. The zero-order valence-corrected chi connectivity index (χ0v) is 11.2. The molecule has 0 saturated carbocycles. The van der Waals surface area contributed by atoms with Crippen LogP contribution in [0.1, 0.15) is 11.1 Å². The lowest BCUT2D eigenvalue weighted by molar-refractivity contribution is 0.405. The number of methoxy groups -OCH3 is 1. The monoisotopic (exact) mass is 273 g/mol. The standard InChI is InChI=1S/C15H12FNOS/c1-18-13-7-2-3-8-14(13)19-10-12-6-4-5-11(9-17)15(12)16/h2-8H,10H2,1H3. The first-order valence-electron chi connectivity index (χ1n) is 5.69. The summed E-state index contributed by atoms with van der Waals surface area (Å²) in [5.41, 5.74) is 0.605. The van der Waals surface area contributed by atoms with Crippen molar-refractivity contribution in [3.8, 4) is 11.8 Å². The largest absolute Gasteiger partial charge is 0.496 e. The van der Waals surface area contributed by atoms with Gasteiger partial charge in [0.15, 0.2) is 0 Å². The zero-order chi connectivity index (χ0) is 13.7. The Kier molecular flexibility index (Phi) is 4.43. The van der Waals surface area contributed by atoms with Crippen LogP contribution in [0.5, 0.6) is 5.75 Å². The van der Waals surface area contributed by atoms with Crippen LogP contribution < -0.4 is 4.74 Å². The maximum atomic E-state index is 13.9. The van der Waals surface area contributed by atoms with E-state index in [1.54, 1.807) is 19.2 Å². The summed E-state index contributed by atoms with van der Waals surface area (Å²) in [5, 5.41) is 8.79. The highest BCUT2D eigenvalue weighted by Crippen LogP contribution is 2.32. The van der Waals surface area contributed by atoms with Crippen molar-refractivity contribution in [3.05, 3.63) is 59.4 Å². The summed E-state index contributed by atoms with van der Waals surface area (Å²) >= 11 is 1.48. The van der Waals surface area contributed by atoms with Crippen LogP contribution >= 0.6 is 11.8 Å². The molecule has 0 fully saturated rings. The summed E-state index contributed by atoms with van der Waals surface area (Å²) in [4.78, 5) is 0.951. The Labute approximate surface area is 115 Å². The van der Waals surface area contributed by atoms with Crippen LogP contribution in [-0.2, 0) is 5.75 Å². The second-order valence-corrected chi connectivity index (χ2v) is 4.85. The maximum Gasteiger partial charge on any atom is 0.144 e. The summed E-state index contributed by atoms with van der Waals surface area (Å²) in [6, 6.07) is 14.3. The van der Waals surface area contributed by atoms with E-state index in [1.165, 1.54) is 17.8 Å². The van der Waals surface area contributed by atoms with Crippen LogP contribution in [0.25, 0.3) is 0 Å². The van der Waals surface area contributed by atoms with E-state index in [1.807, 2.05) is 30.3 Å². The molecule has 0 radical (unpaired) electrons. The molecule has 0 unspecified atom stereocenters. The third-order valence-corrected chi connectivity index (χ3v) is 3.76. The Balaban J connectivity index is 2.17. The highest BCUT2D eigenvalue weighted by atomic mass is 32.2. The van der Waals surface area contributed by atoms with Crippen molar-refractivity contribution >= 4 is 11.8 Å². The topological polar surface area (TPSA) is 33.0 Å². The highest BCUT2D eigenvalue weighted by molar-refractivity contribution is 7.98. The predicted molar refractivity (Wildman–Crippen MR) is 73.7 cm³/mol. The molecule has 0 saturated heterocycles. The molecule has 2 nitrogen and oxygen atoms in total. The van der Waals surface area contributed by atoms with Gasteiger partial charge in [-0.1, -0.05) is 24.3 Å². The van der Waals surface area contributed by atoms with Crippen molar-refractivity contribution in [2.45, 2.75) is 10.6 Å². The minimum Gasteiger partial charge on any atom is -0.496 e. The minimum atomic E-state index is -0.438. The summed E-state index contributed by atoms with van der Waals surface area (Å²) in [6.07, 6.45) is 0. The van der Waals surface area contributed by atoms with E-state index in [4.69, 9.17) is 10.00 Å². The van der Waals surface area contributed by atoms with Gasteiger partial charge >= 0.3 is 0 Å². The number of ether oxygens (including phenoxy) is 1. The molecular formula is C15H12FNOS. The normalized spacial score (nSPS) is 9.95. The Morgan fingerprint density at radius 3 is 2.74 bits per heavy atom. The molecule has 0 heterocycles. The van der Waals surface area contributed by atoms with Crippen molar-refractivity contribution in [2.24, 2.45) is 0 Å². The van der Waals surface area contributed by atoms with Crippen LogP contribution in [0.4, 0.5) is 4.39 Å². The third kappa shape index (κ3) is 3.07. The first-order valence-corrected chi connectivity index (χ1v) is 6.68. The lowest BCUT2D eigenvalue weighted by Gasteiger charge is -2.08. The van der Waals surface area contributed by atoms with Gasteiger partial charge in [0.1, 0.15) is 17.6 Å². The van der Waals surface area contributed by atoms with Crippen molar-refractivity contribution < 1.29 is 9.13 Å². The second kappa shape index (κ2) is 6.26. The smallest absolute Gasteiger partial charge is 0.144 e. The first-order chi connectivity index (χ1) is 9.26. The van der Waals surface area contributed by atoms with Crippen molar-refractivity contribution in [3.63, 3.8) is 0 Å². The molecule has 19 heavy (non-hydrogen) atoms. The Hall–Kier alpha value is -1.99. The maximum absolute atomic E-state index is 13.9. The molecule has 0 aliphatic heterocycles. The summed E-state index contributed by atoms with van der Waals surface area (Å²) in [5.74, 6) is 0.790.